The van der Waals surface area contributed by atoms with Gasteiger partial charge in [0, 0.05) is 0 Å². The normalized spacial score (nSPS) is 10.9. The van der Waals surface area contributed by atoms with Crippen LogP contribution in [0.4, 0.5) is 0 Å². The van der Waals surface area contributed by atoms with Crippen molar-refractivity contribution >= 4 is 23.1 Å². The van der Waals surface area contributed by atoms with E-state index < -0.39 is 5.97 Å². The number of nitrogens with zero attached hydrogens (tertiary/aromatic N) is 4. The third kappa shape index (κ3) is 1.96. The van der Waals surface area contributed by atoms with Gasteiger partial charge in [-0.25, -0.2) is 9.78 Å². The fraction of sp³-hybridized carbons (Fsp3) is 0.231. The van der Waals surface area contributed by atoms with Gasteiger partial charge in [0.05, 0.1) is 17.2 Å². The summed E-state index contributed by atoms with van der Waals surface area (Å²) in [5.41, 5.74) is 1.71. The van der Waals surface area contributed by atoms with Crippen LogP contribution in [-0.4, -0.2) is 32.2 Å². The predicted octanol–water partition coefficient (Wildman–Crippen LogP) is 2.34. The average Bonchev–Trinajstić information content (AvgIpc) is 3.07. The molecule has 6 nitrogen and oxygen atoms in total. The number of ether oxygens (including phenoxy) is 1. The Morgan fingerprint density at radius 3 is 3.05 bits per heavy atom. The van der Waals surface area contributed by atoms with E-state index in [2.05, 4.69) is 15.1 Å². The van der Waals surface area contributed by atoms with Crippen LogP contribution in [-0.2, 0) is 4.74 Å². The number of thiophene rings is 1. The molecule has 20 heavy (non-hydrogen) atoms. The molecule has 3 aromatic heterocycles. The number of hydrogen-bond donors (Lipinski definition) is 0. The van der Waals surface area contributed by atoms with Crippen molar-refractivity contribution in [3.63, 3.8) is 0 Å². The number of carbonyl (C=O) groups excluding carboxylic acids is 1. The highest BCUT2D eigenvalue weighted by Gasteiger charge is 2.23. The Kier molecular flexibility index (Phi) is 3.19. The first-order chi connectivity index (χ1) is 9.72. The summed E-state index contributed by atoms with van der Waals surface area (Å²) in [5.74, 6) is 0.0808. The van der Waals surface area contributed by atoms with Crippen LogP contribution >= 0.6 is 11.3 Å². The molecule has 0 spiro atoms. The zero-order chi connectivity index (χ0) is 14.1. The summed E-state index contributed by atoms with van der Waals surface area (Å²) in [6, 6.07) is 3.86. The van der Waals surface area contributed by atoms with E-state index in [0.717, 1.165) is 4.88 Å². The summed E-state index contributed by atoms with van der Waals surface area (Å²) in [6.07, 6.45) is 1.42. The van der Waals surface area contributed by atoms with E-state index in [4.69, 9.17) is 4.74 Å². The van der Waals surface area contributed by atoms with Gasteiger partial charge in [-0.15, -0.1) is 11.3 Å². The molecule has 3 heterocycles. The van der Waals surface area contributed by atoms with E-state index >= 15 is 0 Å². The molecule has 3 rings (SSSR count). The molecular weight excluding hydrogens is 276 g/mol. The van der Waals surface area contributed by atoms with Crippen LogP contribution in [0.1, 0.15) is 23.0 Å². The largest absolute Gasteiger partial charge is 0.462 e. The third-order valence-corrected chi connectivity index (χ3v) is 3.72. The van der Waals surface area contributed by atoms with Gasteiger partial charge in [0.2, 0.25) is 0 Å². The van der Waals surface area contributed by atoms with Crippen molar-refractivity contribution in [1.29, 1.82) is 0 Å². The first kappa shape index (κ1) is 12.7. The highest BCUT2D eigenvalue weighted by Crippen LogP contribution is 2.29. The van der Waals surface area contributed by atoms with Crippen molar-refractivity contribution in [3.05, 3.63) is 35.1 Å². The molecule has 7 heteroatoms. The van der Waals surface area contributed by atoms with Gasteiger partial charge in [-0.3, -0.25) is 0 Å². The van der Waals surface area contributed by atoms with E-state index in [-0.39, 0.29) is 0 Å². The van der Waals surface area contributed by atoms with Gasteiger partial charge in [-0.05, 0) is 25.3 Å². The fourth-order valence-electron chi connectivity index (χ4n) is 2.04. The lowest BCUT2D eigenvalue weighted by molar-refractivity contribution is 0.0525. The number of rotatable bonds is 3. The van der Waals surface area contributed by atoms with Gasteiger partial charge in [0.1, 0.15) is 17.6 Å². The maximum atomic E-state index is 12.2. The van der Waals surface area contributed by atoms with Gasteiger partial charge in [-0.2, -0.15) is 14.6 Å². The molecule has 0 fully saturated rings. The van der Waals surface area contributed by atoms with Crippen LogP contribution in [0.5, 0.6) is 0 Å². The Balaban J connectivity index is 2.34. The van der Waals surface area contributed by atoms with Gasteiger partial charge in [0.15, 0.2) is 0 Å². The molecule has 0 aromatic carbocycles. The average molecular weight is 288 g/mol. The Bertz CT molecular complexity index is 764. The number of fused-ring (bicyclic) bond motifs is 1. The molecule has 3 aromatic rings. The monoisotopic (exact) mass is 288 g/mol. The zero-order valence-corrected chi connectivity index (χ0v) is 11.8. The molecule has 0 unspecified atom stereocenters. The summed E-state index contributed by atoms with van der Waals surface area (Å²) in [6.45, 7) is 3.87. The van der Waals surface area contributed by atoms with Crippen LogP contribution in [0.3, 0.4) is 0 Å². The highest BCUT2D eigenvalue weighted by atomic mass is 32.1. The first-order valence-corrected chi connectivity index (χ1v) is 7.01. The van der Waals surface area contributed by atoms with Crippen LogP contribution in [0.15, 0.2) is 23.8 Å². The molecule has 0 aliphatic rings. The van der Waals surface area contributed by atoms with Crippen molar-refractivity contribution in [2.75, 3.05) is 6.61 Å². The smallest absolute Gasteiger partial charge is 0.342 e. The maximum absolute atomic E-state index is 12.2. The molecule has 0 aliphatic carbocycles. The van der Waals surface area contributed by atoms with Crippen molar-refractivity contribution in [2.24, 2.45) is 0 Å². The summed E-state index contributed by atoms with van der Waals surface area (Å²) in [4.78, 5) is 21.5. The van der Waals surface area contributed by atoms with E-state index in [1.54, 1.807) is 18.4 Å². The van der Waals surface area contributed by atoms with Crippen molar-refractivity contribution < 1.29 is 9.53 Å². The Morgan fingerprint density at radius 2 is 2.35 bits per heavy atom. The molecule has 0 amide bonds. The van der Waals surface area contributed by atoms with Gasteiger partial charge < -0.3 is 4.74 Å². The van der Waals surface area contributed by atoms with Crippen molar-refractivity contribution in [3.8, 4) is 10.6 Å². The van der Waals surface area contributed by atoms with E-state index in [0.29, 0.717) is 29.3 Å². The zero-order valence-electron chi connectivity index (χ0n) is 11.0. The fourth-order valence-corrected chi connectivity index (χ4v) is 2.80. The van der Waals surface area contributed by atoms with Crippen LogP contribution in [0, 0.1) is 6.92 Å². The summed E-state index contributed by atoms with van der Waals surface area (Å²) < 4.78 is 6.71. The maximum Gasteiger partial charge on any atom is 0.342 e. The molecule has 0 bridgehead atoms. The van der Waals surface area contributed by atoms with Gasteiger partial charge in [0.25, 0.3) is 5.78 Å². The van der Waals surface area contributed by atoms with E-state index in [1.807, 2.05) is 17.5 Å². The lowest BCUT2D eigenvalue weighted by atomic mass is 10.1. The molecule has 0 atom stereocenters. The second kappa shape index (κ2) is 5.01. The number of aromatic nitrogens is 4. The molecule has 0 N–H and O–H groups in total. The Morgan fingerprint density at radius 1 is 1.50 bits per heavy atom. The summed E-state index contributed by atoms with van der Waals surface area (Å²) in [5, 5.41) is 6.11. The van der Waals surface area contributed by atoms with Crippen molar-refractivity contribution in [2.45, 2.75) is 13.8 Å². The van der Waals surface area contributed by atoms with Crippen molar-refractivity contribution in [1.82, 2.24) is 19.6 Å². The SMILES string of the molecule is CCOC(=O)c1c(C)nc2ncnn2c1-c1cccs1. The lowest BCUT2D eigenvalue weighted by Gasteiger charge is -2.11. The molecule has 0 aliphatic heterocycles. The minimum Gasteiger partial charge on any atom is -0.462 e. The highest BCUT2D eigenvalue weighted by molar-refractivity contribution is 7.13. The first-order valence-electron chi connectivity index (χ1n) is 6.13. The standard InChI is InChI=1S/C13H12N4O2S/c1-3-19-12(18)10-8(2)16-13-14-7-15-17(13)11(10)9-5-4-6-20-9/h4-7H,3H2,1-2H3. The number of esters is 1. The Hall–Kier alpha value is -2.28. The molecular formula is C13H12N4O2S. The minimum absolute atomic E-state index is 0.317. The second-order valence-electron chi connectivity index (χ2n) is 4.09. The van der Waals surface area contributed by atoms with Crippen LogP contribution in [0.25, 0.3) is 16.3 Å². The molecule has 0 saturated heterocycles. The number of hydrogen-bond acceptors (Lipinski definition) is 6. The third-order valence-electron chi connectivity index (χ3n) is 2.84. The minimum atomic E-state index is -0.390. The quantitative estimate of drug-likeness (QED) is 0.692. The second-order valence-corrected chi connectivity index (χ2v) is 5.04. The topological polar surface area (TPSA) is 69.4 Å². The van der Waals surface area contributed by atoms with Gasteiger partial charge in [-0.1, -0.05) is 6.07 Å². The summed E-state index contributed by atoms with van der Waals surface area (Å²) in [7, 11) is 0. The van der Waals surface area contributed by atoms with Crippen LogP contribution in [0.2, 0.25) is 0 Å². The number of aryl methyl sites for hydroxylation is 1. The summed E-state index contributed by atoms with van der Waals surface area (Å²) >= 11 is 1.53. The predicted molar refractivity (Wildman–Crippen MR) is 74.8 cm³/mol. The molecule has 0 radical (unpaired) electrons. The number of carbonyl (C=O) groups is 1. The Labute approximate surface area is 119 Å². The molecule has 102 valence electrons. The molecule has 0 saturated carbocycles. The van der Waals surface area contributed by atoms with E-state index in [9.17, 15) is 4.79 Å². The van der Waals surface area contributed by atoms with E-state index in [1.165, 1.54) is 17.7 Å². The van der Waals surface area contributed by atoms with Crippen LogP contribution < -0.4 is 0 Å². The lowest BCUT2D eigenvalue weighted by Crippen LogP contribution is -2.13. The van der Waals surface area contributed by atoms with Gasteiger partial charge >= 0.3 is 5.97 Å².